The fraction of sp³-hybridized carbons (Fsp3) is 0.375. The van der Waals surface area contributed by atoms with Crippen LogP contribution < -0.4 is 4.90 Å². The van der Waals surface area contributed by atoms with Gasteiger partial charge >= 0.3 is 24.3 Å². The highest BCUT2D eigenvalue weighted by atomic mass is 19.4. The number of alkyl halides is 6. The molecular formula is C24H22F6N4O5. The molecule has 0 aliphatic carbocycles. The average molecular weight is 560 g/mol. The second kappa shape index (κ2) is 13.1. The average Bonchev–Trinajstić information content (AvgIpc) is 3.26. The number of carboxylic acid groups (broad SMARTS) is 2. The zero-order valence-corrected chi connectivity index (χ0v) is 20.0. The standard InChI is InChI=1S/C20H20N4O.2C2HF3O2/c21-12-15-3-1-4-16(11-15)14-23-10-8-19-18(23)6-7-20(25)24(19)17-5-2-9-22-13-17;2*3-2(4,5)1(6)7/h1-5,9,11,13,18-19H,6-8,10,14H2;2*(H,6,7)/t18-,19-;;/m0../s1. The number of carboxylic acids is 2. The van der Waals surface area contributed by atoms with Gasteiger partial charge in [-0.05, 0) is 42.7 Å². The maximum absolute atomic E-state index is 12.5. The highest BCUT2D eigenvalue weighted by Gasteiger charge is 2.43. The predicted molar refractivity (Wildman–Crippen MR) is 122 cm³/mol. The SMILES string of the molecule is N#Cc1cccc(CN2CC[C@H]3[C@@H]2CCC(=O)N3c2cccnc2)c1.O=C(O)C(F)(F)F.O=C(O)C(F)(F)F. The van der Waals surface area contributed by atoms with Gasteiger partial charge in [0.15, 0.2) is 0 Å². The summed E-state index contributed by atoms with van der Waals surface area (Å²) in [6, 6.07) is 14.4. The number of hydrogen-bond acceptors (Lipinski definition) is 6. The molecule has 0 bridgehead atoms. The third kappa shape index (κ3) is 8.95. The van der Waals surface area contributed by atoms with E-state index in [-0.39, 0.29) is 11.9 Å². The summed E-state index contributed by atoms with van der Waals surface area (Å²) >= 11 is 0. The molecule has 2 aromatic rings. The normalized spacial score (nSPS) is 19.0. The van der Waals surface area contributed by atoms with Gasteiger partial charge in [0.25, 0.3) is 0 Å². The molecule has 2 aliphatic heterocycles. The summed E-state index contributed by atoms with van der Waals surface area (Å²) in [5.74, 6) is -5.32. The first-order chi connectivity index (χ1) is 18.1. The number of likely N-dealkylation sites (tertiary alicyclic amines) is 1. The van der Waals surface area contributed by atoms with Gasteiger partial charge in [-0.2, -0.15) is 31.6 Å². The van der Waals surface area contributed by atoms with Crippen LogP contribution in [0.25, 0.3) is 0 Å². The van der Waals surface area contributed by atoms with Crippen molar-refractivity contribution in [3.05, 3.63) is 59.9 Å². The fourth-order valence-corrected chi connectivity index (χ4v) is 4.15. The lowest BCUT2D eigenvalue weighted by Gasteiger charge is -2.39. The minimum Gasteiger partial charge on any atom is -0.475 e. The van der Waals surface area contributed by atoms with E-state index in [1.807, 2.05) is 35.2 Å². The van der Waals surface area contributed by atoms with Gasteiger partial charge in [-0.25, -0.2) is 9.59 Å². The fourth-order valence-electron chi connectivity index (χ4n) is 4.15. The Labute approximate surface area is 217 Å². The third-order valence-electron chi connectivity index (χ3n) is 5.73. The largest absolute Gasteiger partial charge is 0.490 e. The number of pyridine rings is 1. The van der Waals surface area contributed by atoms with Crippen LogP contribution in [0.2, 0.25) is 0 Å². The Kier molecular flexibility index (Phi) is 10.4. The summed E-state index contributed by atoms with van der Waals surface area (Å²) < 4.78 is 63.5. The number of amides is 1. The molecule has 1 amide bonds. The van der Waals surface area contributed by atoms with Crippen LogP contribution in [0.5, 0.6) is 0 Å². The van der Waals surface area contributed by atoms with Gasteiger partial charge in [0, 0.05) is 31.7 Å². The molecular weight excluding hydrogens is 538 g/mol. The van der Waals surface area contributed by atoms with Crippen LogP contribution in [0.1, 0.15) is 30.4 Å². The molecule has 1 aromatic heterocycles. The first-order valence-electron chi connectivity index (χ1n) is 11.2. The van der Waals surface area contributed by atoms with Crippen LogP contribution in [0.15, 0.2) is 48.8 Å². The molecule has 0 saturated carbocycles. The Balaban J connectivity index is 0.000000317. The van der Waals surface area contributed by atoms with Crippen molar-refractivity contribution in [2.24, 2.45) is 0 Å². The molecule has 39 heavy (non-hydrogen) atoms. The van der Waals surface area contributed by atoms with Crippen molar-refractivity contribution < 1.29 is 50.9 Å². The minimum absolute atomic E-state index is 0.197. The van der Waals surface area contributed by atoms with Gasteiger partial charge in [-0.1, -0.05) is 12.1 Å². The van der Waals surface area contributed by atoms with Crippen LogP contribution in [-0.4, -0.2) is 68.9 Å². The molecule has 1 aromatic carbocycles. The van der Waals surface area contributed by atoms with E-state index >= 15 is 0 Å². The van der Waals surface area contributed by atoms with E-state index in [2.05, 4.69) is 22.0 Å². The Bertz CT molecular complexity index is 1180. The molecule has 0 spiro atoms. The number of carbonyl (C=O) groups is 3. The Morgan fingerprint density at radius 3 is 2.13 bits per heavy atom. The van der Waals surface area contributed by atoms with Gasteiger partial charge in [-0.15, -0.1) is 0 Å². The number of carbonyl (C=O) groups excluding carboxylic acids is 1. The molecule has 2 saturated heterocycles. The minimum atomic E-state index is -5.08. The van der Waals surface area contributed by atoms with Gasteiger partial charge < -0.3 is 15.1 Å². The summed E-state index contributed by atoms with van der Waals surface area (Å²) in [6.07, 6.45) is -4.20. The van der Waals surface area contributed by atoms with Crippen molar-refractivity contribution in [1.29, 1.82) is 5.26 Å². The van der Waals surface area contributed by atoms with Gasteiger partial charge in [0.2, 0.25) is 5.91 Å². The number of rotatable bonds is 3. The van der Waals surface area contributed by atoms with Crippen LogP contribution in [0, 0.1) is 11.3 Å². The van der Waals surface area contributed by atoms with Gasteiger partial charge in [-0.3, -0.25) is 14.7 Å². The highest BCUT2D eigenvalue weighted by molar-refractivity contribution is 5.95. The lowest BCUT2D eigenvalue weighted by molar-refractivity contribution is -0.193. The van der Waals surface area contributed by atoms with Crippen molar-refractivity contribution >= 4 is 23.5 Å². The Hall–Kier alpha value is -4.19. The van der Waals surface area contributed by atoms with Crippen molar-refractivity contribution in [2.45, 2.75) is 50.2 Å². The summed E-state index contributed by atoms with van der Waals surface area (Å²) in [5.41, 5.74) is 2.75. The highest BCUT2D eigenvalue weighted by Crippen LogP contribution is 2.35. The predicted octanol–water partition coefficient (Wildman–Crippen LogP) is 3.99. The van der Waals surface area contributed by atoms with Crippen molar-refractivity contribution in [3.8, 4) is 6.07 Å². The van der Waals surface area contributed by atoms with E-state index in [0.717, 1.165) is 37.2 Å². The Morgan fingerprint density at radius 1 is 1.00 bits per heavy atom. The number of benzene rings is 1. The van der Waals surface area contributed by atoms with E-state index in [9.17, 15) is 31.1 Å². The van der Waals surface area contributed by atoms with Crippen molar-refractivity contribution in [2.75, 3.05) is 11.4 Å². The number of nitriles is 1. The number of nitrogens with zero attached hydrogens (tertiary/aromatic N) is 4. The molecule has 2 atom stereocenters. The van der Waals surface area contributed by atoms with Gasteiger partial charge in [0.05, 0.1) is 29.6 Å². The lowest BCUT2D eigenvalue weighted by atomic mass is 9.95. The third-order valence-corrected chi connectivity index (χ3v) is 5.73. The lowest BCUT2D eigenvalue weighted by Crippen LogP contribution is -2.52. The topological polar surface area (TPSA) is 135 Å². The van der Waals surface area contributed by atoms with Crippen LogP contribution in [0.3, 0.4) is 0 Å². The molecule has 2 aliphatic rings. The number of hydrogen-bond donors (Lipinski definition) is 2. The number of piperidine rings is 1. The van der Waals surface area contributed by atoms with E-state index < -0.39 is 24.3 Å². The second-order valence-electron chi connectivity index (χ2n) is 8.33. The van der Waals surface area contributed by atoms with Crippen LogP contribution >= 0.6 is 0 Å². The van der Waals surface area contributed by atoms with E-state index in [4.69, 9.17) is 25.1 Å². The molecule has 15 heteroatoms. The molecule has 2 N–H and O–H groups in total. The van der Waals surface area contributed by atoms with E-state index in [1.165, 1.54) is 0 Å². The smallest absolute Gasteiger partial charge is 0.475 e. The molecule has 2 fully saturated rings. The van der Waals surface area contributed by atoms with Crippen molar-refractivity contribution in [3.63, 3.8) is 0 Å². The zero-order valence-electron chi connectivity index (χ0n) is 20.0. The first-order valence-corrected chi connectivity index (χ1v) is 11.2. The van der Waals surface area contributed by atoms with E-state index in [0.29, 0.717) is 18.0 Å². The molecule has 0 radical (unpaired) electrons. The maximum Gasteiger partial charge on any atom is 0.490 e. The zero-order chi connectivity index (χ0) is 29.4. The number of aliphatic carboxylic acids is 2. The molecule has 210 valence electrons. The number of anilines is 1. The number of aromatic nitrogens is 1. The summed E-state index contributed by atoms with van der Waals surface area (Å²) in [7, 11) is 0. The molecule has 0 unspecified atom stereocenters. The van der Waals surface area contributed by atoms with Gasteiger partial charge in [0.1, 0.15) is 0 Å². The second-order valence-corrected chi connectivity index (χ2v) is 8.33. The summed E-state index contributed by atoms with van der Waals surface area (Å²) in [5, 5.41) is 23.3. The van der Waals surface area contributed by atoms with Crippen molar-refractivity contribution in [1.82, 2.24) is 9.88 Å². The summed E-state index contributed by atoms with van der Waals surface area (Å²) in [6.45, 7) is 1.79. The van der Waals surface area contributed by atoms with Crippen LogP contribution in [0.4, 0.5) is 32.0 Å². The molecule has 9 nitrogen and oxygen atoms in total. The monoisotopic (exact) mass is 560 g/mol. The maximum atomic E-state index is 12.5. The molecule has 3 heterocycles. The van der Waals surface area contributed by atoms with E-state index in [1.54, 1.807) is 12.4 Å². The Morgan fingerprint density at radius 2 is 1.62 bits per heavy atom. The molecule has 4 rings (SSSR count). The quantitative estimate of drug-likeness (QED) is 0.539. The summed E-state index contributed by atoms with van der Waals surface area (Å²) in [4.78, 5) is 38.9. The number of fused-ring (bicyclic) bond motifs is 1. The number of halogens is 6. The first kappa shape index (κ1) is 31.0. The van der Waals surface area contributed by atoms with Crippen LogP contribution in [-0.2, 0) is 20.9 Å².